The molecular formula is C12H17N3O2. The summed E-state index contributed by atoms with van der Waals surface area (Å²) in [5, 5.41) is 16.9. The molecule has 0 fully saturated rings. The molecule has 0 aliphatic heterocycles. The number of hydrogen-bond donors (Lipinski definition) is 2. The van der Waals surface area contributed by atoms with E-state index in [0.717, 1.165) is 11.5 Å². The fourth-order valence-electron chi connectivity index (χ4n) is 1.63. The highest BCUT2D eigenvalue weighted by atomic mass is 16.3. The lowest BCUT2D eigenvalue weighted by Crippen LogP contribution is -2.30. The van der Waals surface area contributed by atoms with Crippen LogP contribution in [0.15, 0.2) is 35.0 Å². The van der Waals surface area contributed by atoms with Crippen LogP contribution in [0.2, 0.25) is 0 Å². The molecule has 0 saturated carbocycles. The molecule has 2 aromatic rings. The highest BCUT2D eigenvalue weighted by Gasteiger charge is 2.05. The SMILES string of the molecule is Cc1ccc(CNCC(O)Cn2cccn2)o1. The van der Waals surface area contributed by atoms with Gasteiger partial charge in [0, 0.05) is 18.9 Å². The van der Waals surface area contributed by atoms with Crippen LogP contribution in [-0.4, -0.2) is 27.5 Å². The maximum atomic E-state index is 9.75. The molecule has 2 heterocycles. The Morgan fingerprint density at radius 3 is 3.06 bits per heavy atom. The van der Waals surface area contributed by atoms with E-state index in [-0.39, 0.29) is 0 Å². The zero-order valence-electron chi connectivity index (χ0n) is 9.84. The van der Waals surface area contributed by atoms with Gasteiger partial charge in [0.25, 0.3) is 0 Å². The van der Waals surface area contributed by atoms with E-state index in [9.17, 15) is 5.11 Å². The smallest absolute Gasteiger partial charge is 0.117 e. The van der Waals surface area contributed by atoms with Crippen LogP contribution in [0, 0.1) is 6.92 Å². The Kier molecular flexibility index (Phi) is 3.95. The summed E-state index contributed by atoms with van der Waals surface area (Å²) in [5.74, 6) is 1.78. The number of aliphatic hydroxyl groups excluding tert-OH is 1. The third-order valence-electron chi connectivity index (χ3n) is 2.43. The second-order valence-corrected chi connectivity index (χ2v) is 4.03. The summed E-state index contributed by atoms with van der Waals surface area (Å²) in [4.78, 5) is 0. The predicted molar refractivity (Wildman–Crippen MR) is 63.4 cm³/mol. The van der Waals surface area contributed by atoms with Crippen molar-refractivity contribution < 1.29 is 9.52 Å². The molecule has 2 rings (SSSR count). The summed E-state index contributed by atoms with van der Waals surface area (Å²) in [6.45, 7) is 3.55. The van der Waals surface area contributed by atoms with Crippen molar-refractivity contribution in [3.63, 3.8) is 0 Å². The largest absolute Gasteiger partial charge is 0.465 e. The lowest BCUT2D eigenvalue weighted by Gasteiger charge is -2.11. The summed E-state index contributed by atoms with van der Waals surface area (Å²) in [7, 11) is 0. The minimum atomic E-state index is -0.453. The predicted octanol–water partition coefficient (Wildman–Crippen LogP) is 0.935. The standard InChI is InChI=1S/C12H17N3O2/c1-10-3-4-12(17-10)8-13-7-11(16)9-15-6-2-5-14-15/h2-6,11,13,16H,7-9H2,1H3. The van der Waals surface area contributed by atoms with Gasteiger partial charge in [0.2, 0.25) is 0 Å². The second kappa shape index (κ2) is 5.65. The van der Waals surface area contributed by atoms with Gasteiger partial charge >= 0.3 is 0 Å². The first kappa shape index (κ1) is 11.9. The van der Waals surface area contributed by atoms with Crippen LogP contribution < -0.4 is 5.32 Å². The molecule has 0 aliphatic carbocycles. The number of rotatable bonds is 6. The van der Waals surface area contributed by atoms with E-state index < -0.39 is 6.10 Å². The monoisotopic (exact) mass is 235 g/mol. The fraction of sp³-hybridized carbons (Fsp3) is 0.417. The Labute approximate surface area is 100 Å². The van der Waals surface area contributed by atoms with Gasteiger partial charge in [-0.1, -0.05) is 0 Å². The van der Waals surface area contributed by atoms with Gasteiger partial charge < -0.3 is 14.8 Å². The number of aliphatic hydroxyl groups is 1. The molecule has 5 heteroatoms. The van der Waals surface area contributed by atoms with Gasteiger partial charge in [-0.2, -0.15) is 5.10 Å². The first-order chi connectivity index (χ1) is 8.24. The Morgan fingerprint density at radius 2 is 2.41 bits per heavy atom. The highest BCUT2D eigenvalue weighted by Crippen LogP contribution is 2.05. The van der Waals surface area contributed by atoms with Gasteiger partial charge in [0.15, 0.2) is 0 Å². The van der Waals surface area contributed by atoms with Gasteiger partial charge in [-0.05, 0) is 25.1 Å². The second-order valence-electron chi connectivity index (χ2n) is 4.03. The molecule has 5 nitrogen and oxygen atoms in total. The van der Waals surface area contributed by atoms with Gasteiger partial charge in [0.05, 0.1) is 19.2 Å². The van der Waals surface area contributed by atoms with Crippen LogP contribution in [0.5, 0.6) is 0 Å². The molecule has 17 heavy (non-hydrogen) atoms. The van der Waals surface area contributed by atoms with E-state index in [1.807, 2.05) is 31.3 Å². The van der Waals surface area contributed by atoms with Crippen molar-refractivity contribution in [1.29, 1.82) is 0 Å². The Hall–Kier alpha value is -1.59. The molecule has 0 amide bonds. The number of nitrogens with one attached hydrogen (secondary N) is 1. The van der Waals surface area contributed by atoms with E-state index in [2.05, 4.69) is 10.4 Å². The minimum Gasteiger partial charge on any atom is -0.465 e. The average Bonchev–Trinajstić information content (AvgIpc) is 2.90. The van der Waals surface area contributed by atoms with Crippen LogP contribution in [0.3, 0.4) is 0 Å². The van der Waals surface area contributed by atoms with Crippen molar-refractivity contribution in [2.75, 3.05) is 6.54 Å². The number of furan rings is 1. The summed E-state index contributed by atoms with van der Waals surface area (Å²) in [6.07, 6.45) is 3.08. The lowest BCUT2D eigenvalue weighted by molar-refractivity contribution is 0.146. The molecule has 0 radical (unpaired) electrons. The number of nitrogens with zero attached hydrogens (tertiary/aromatic N) is 2. The normalized spacial score (nSPS) is 12.8. The van der Waals surface area contributed by atoms with Crippen molar-refractivity contribution in [3.05, 3.63) is 42.1 Å². The minimum absolute atomic E-state index is 0.453. The summed E-state index contributed by atoms with van der Waals surface area (Å²) >= 11 is 0. The third kappa shape index (κ3) is 3.72. The number of hydrogen-bond acceptors (Lipinski definition) is 4. The fourth-order valence-corrected chi connectivity index (χ4v) is 1.63. The Bertz CT molecular complexity index is 436. The van der Waals surface area contributed by atoms with Gasteiger partial charge in [-0.3, -0.25) is 4.68 Å². The van der Waals surface area contributed by atoms with Crippen LogP contribution in [0.1, 0.15) is 11.5 Å². The van der Waals surface area contributed by atoms with Gasteiger partial charge in [-0.15, -0.1) is 0 Å². The van der Waals surface area contributed by atoms with Crippen molar-refractivity contribution in [2.24, 2.45) is 0 Å². The van der Waals surface area contributed by atoms with Crippen LogP contribution in [0.4, 0.5) is 0 Å². The summed E-state index contributed by atoms with van der Waals surface area (Å²) < 4.78 is 7.12. The molecule has 0 saturated heterocycles. The first-order valence-corrected chi connectivity index (χ1v) is 5.65. The molecule has 92 valence electrons. The molecule has 0 aliphatic rings. The quantitative estimate of drug-likeness (QED) is 0.782. The summed E-state index contributed by atoms with van der Waals surface area (Å²) in [6, 6.07) is 5.70. The maximum Gasteiger partial charge on any atom is 0.117 e. The van der Waals surface area contributed by atoms with Crippen molar-refractivity contribution in [1.82, 2.24) is 15.1 Å². The average molecular weight is 235 g/mol. The van der Waals surface area contributed by atoms with E-state index in [4.69, 9.17) is 4.42 Å². The zero-order valence-corrected chi connectivity index (χ0v) is 9.84. The Morgan fingerprint density at radius 1 is 1.53 bits per heavy atom. The molecule has 0 bridgehead atoms. The third-order valence-corrected chi connectivity index (χ3v) is 2.43. The van der Waals surface area contributed by atoms with E-state index >= 15 is 0 Å². The topological polar surface area (TPSA) is 63.2 Å². The lowest BCUT2D eigenvalue weighted by atomic mass is 10.3. The zero-order chi connectivity index (χ0) is 12.1. The van der Waals surface area contributed by atoms with E-state index in [1.54, 1.807) is 10.9 Å². The van der Waals surface area contributed by atoms with Crippen molar-refractivity contribution in [3.8, 4) is 0 Å². The van der Waals surface area contributed by atoms with E-state index in [1.165, 1.54) is 0 Å². The molecule has 1 unspecified atom stereocenters. The first-order valence-electron chi connectivity index (χ1n) is 5.65. The summed E-state index contributed by atoms with van der Waals surface area (Å²) in [5.41, 5.74) is 0. The van der Waals surface area contributed by atoms with Gasteiger partial charge in [-0.25, -0.2) is 0 Å². The molecule has 0 spiro atoms. The maximum absolute atomic E-state index is 9.75. The molecule has 2 N–H and O–H groups in total. The van der Waals surface area contributed by atoms with Crippen molar-refractivity contribution in [2.45, 2.75) is 26.1 Å². The van der Waals surface area contributed by atoms with Gasteiger partial charge in [0.1, 0.15) is 11.5 Å². The molecule has 0 aromatic carbocycles. The van der Waals surface area contributed by atoms with Crippen LogP contribution >= 0.6 is 0 Å². The van der Waals surface area contributed by atoms with E-state index in [0.29, 0.717) is 19.6 Å². The van der Waals surface area contributed by atoms with Crippen molar-refractivity contribution >= 4 is 0 Å². The molecule has 2 aromatic heterocycles. The molecular weight excluding hydrogens is 218 g/mol. The molecule has 1 atom stereocenters. The van der Waals surface area contributed by atoms with Crippen LogP contribution in [-0.2, 0) is 13.1 Å². The van der Waals surface area contributed by atoms with Crippen LogP contribution in [0.25, 0.3) is 0 Å². The number of aryl methyl sites for hydroxylation is 1. The number of aromatic nitrogens is 2. The highest BCUT2D eigenvalue weighted by molar-refractivity contribution is 5.05. The Balaban J connectivity index is 1.68.